The molecular weight excluding hydrogens is 270 g/mol. The van der Waals surface area contributed by atoms with Gasteiger partial charge >= 0.3 is 11.9 Å². The summed E-state index contributed by atoms with van der Waals surface area (Å²) >= 11 is 0. The number of carbonyl (C=O) groups excluding carboxylic acids is 2. The van der Waals surface area contributed by atoms with Crippen molar-refractivity contribution in [3.05, 3.63) is 0 Å². The fourth-order valence-corrected chi connectivity index (χ4v) is 4.24. The molecule has 3 rings (SSSR count). The zero-order valence-corrected chi connectivity index (χ0v) is 13.2. The first kappa shape index (κ1) is 14.8. The number of carbonyl (C=O) groups is 2. The predicted octanol–water partition coefficient (Wildman–Crippen LogP) is 1.21. The molecule has 5 nitrogen and oxygen atoms in total. The standard InChI is InChI=1S/C16H26NO4/c1-4-17(2,3)6-5-7-20-15(18)13-10-8-11-12(9-10)21-16(19)14(11)13/h10-14H,4-9H2,1-3H3/q+1/t10-,11+,12-,13-,14+/m1/s1. The molecule has 0 N–H and O–H groups in total. The molecular formula is C16H26NO4+. The van der Waals surface area contributed by atoms with Crippen molar-refractivity contribution in [2.24, 2.45) is 23.7 Å². The highest BCUT2D eigenvalue weighted by Crippen LogP contribution is 2.57. The van der Waals surface area contributed by atoms with Crippen LogP contribution < -0.4 is 0 Å². The van der Waals surface area contributed by atoms with Gasteiger partial charge in [0.1, 0.15) is 6.10 Å². The van der Waals surface area contributed by atoms with Gasteiger partial charge in [0.25, 0.3) is 0 Å². The number of nitrogens with zero attached hydrogens (tertiary/aromatic N) is 1. The van der Waals surface area contributed by atoms with Gasteiger partial charge in [-0.15, -0.1) is 0 Å². The smallest absolute Gasteiger partial charge is 0.310 e. The Kier molecular flexibility index (Phi) is 3.72. The van der Waals surface area contributed by atoms with Crippen LogP contribution >= 0.6 is 0 Å². The molecule has 1 heterocycles. The highest BCUT2D eigenvalue weighted by molar-refractivity contribution is 5.85. The third-order valence-electron chi connectivity index (χ3n) is 5.76. The molecule has 2 aliphatic carbocycles. The summed E-state index contributed by atoms with van der Waals surface area (Å²) in [5.74, 6) is -0.232. The molecule has 3 fully saturated rings. The number of hydrogen-bond acceptors (Lipinski definition) is 4. The number of fused-ring (bicyclic) bond motifs is 1. The highest BCUT2D eigenvalue weighted by atomic mass is 16.6. The summed E-state index contributed by atoms with van der Waals surface area (Å²) in [6.45, 7) is 4.67. The molecule has 1 aliphatic heterocycles. The molecule has 118 valence electrons. The van der Waals surface area contributed by atoms with Crippen molar-refractivity contribution in [1.82, 2.24) is 0 Å². The Labute approximate surface area is 126 Å². The van der Waals surface area contributed by atoms with Crippen LogP contribution in [0.25, 0.3) is 0 Å². The Hall–Kier alpha value is -1.10. The van der Waals surface area contributed by atoms with Crippen LogP contribution in [-0.4, -0.2) is 56.3 Å². The van der Waals surface area contributed by atoms with Crippen LogP contribution in [0.3, 0.4) is 0 Å². The third-order valence-corrected chi connectivity index (χ3v) is 5.76. The molecule has 0 spiro atoms. The van der Waals surface area contributed by atoms with Gasteiger partial charge in [-0.05, 0) is 25.7 Å². The lowest BCUT2D eigenvalue weighted by molar-refractivity contribution is -0.888. The van der Waals surface area contributed by atoms with Crippen molar-refractivity contribution in [2.45, 2.75) is 32.3 Å². The number of rotatable bonds is 6. The van der Waals surface area contributed by atoms with Gasteiger partial charge in [-0.25, -0.2) is 0 Å². The number of hydrogen-bond donors (Lipinski definition) is 0. The van der Waals surface area contributed by atoms with Gasteiger partial charge in [-0.1, -0.05) is 0 Å². The lowest BCUT2D eigenvalue weighted by Crippen LogP contribution is -2.40. The SMILES string of the molecule is CC[N+](C)(C)CCCOC(=O)[C@@H]1[C@@H]2C[C@@H]3[C@@H]1C(=O)O[C@@H]3C2. The van der Waals surface area contributed by atoms with Crippen molar-refractivity contribution >= 4 is 11.9 Å². The Balaban J connectivity index is 1.49. The summed E-state index contributed by atoms with van der Waals surface area (Å²) in [6, 6.07) is 0. The molecule has 0 aromatic heterocycles. The van der Waals surface area contributed by atoms with E-state index < -0.39 is 0 Å². The second kappa shape index (κ2) is 5.27. The second-order valence-electron chi connectivity index (χ2n) is 7.42. The Bertz CT molecular complexity index is 446. The lowest BCUT2D eigenvalue weighted by Gasteiger charge is -2.28. The van der Waals surface area contributed by atoms with Crippen LogP contribution in [-0.2, 0) is 19.1 Å². The first-order valence-electron chi connectivity index (χ1n) is 8.12. The van der Waals surface area contributed by atoms with E-state index in [1.807, 2.05) is 0 Å². The molecule has 1 saturated heterocycles. The van der Waals surface area contributed by atoms with E-state index in [2.05, 4.69) is 21.0 Å². The molecule has 0 unspecified atom stereocenters. The van der Waals surface area contributed by atoms with E-state index in [0.717, 1.165) is 36.8 Å². The van der Waals surface area contributed by atoms with Crippen LogP contribution in [0, 0.1) is 23.7 Å². The molecule has 0 radical (unpaired) electrons. The Morgan fingerprint density at radius 3 is 2.86 bits per heavy atom. The van der Waals surface area contributed by atoms with Crippen molar-refractivity contribution in [3.63, 3.8) is 0 Å². The molecule has 0 aromatic rings. The van der Waals surface area contributed by atoms with E-state index >= 15 is 0 Å². The Morgan fingerprint density at radius 1 is 1.38 bits per heavy atom. The molecule has 21 heavy (non-hydrogen) atoms. The molecule has 2 bridgehead atoms. The normalized spacial score (nSPS) is 36.9. The van der Waals surface area contributed by atoms with E-state index in [9.17, 15) is 9.59 Å². The van der Waals surface area contributed by atoms with Crippen molar-refractivity contribution in [3.8, 4) is 0 Å². The zero-order valence-electron chi connectivity index (χ0n) is 13.2. The van der Waals surface area contributed by atoms with E-state index in [1.54, 1.807) is 0 Å². The minimum atomic E-state index is -0.241. The van der Waals surface area contributed by atoms with Gasteiger partial charge in [0, 0.05) is 12.3 Å². The van der Waals surface area contributed by atoms with Gasteiger partial charge in [0.15, 0.2) is 0 Å². The quantitative estimate of drug-likeness (QED) is 0.420. The van der Waals surface area contributed by atoms with E-state index in [1.165, 1.54) is 0 Å². The fourth-order valence-electron chi connectivity index (χ4n) is 4.24. The summed E-state index contributed by atoms with van der Waals surface area (Å²) in [6.07, 6.45) is 2.76. The summed E-state index contributed by atoms with van der Waals surface area (Å²) in [5, 5.41) is 0. The summed E-state index contributed by atoms with van der Waals surface area (Å²) in [4.78, 5) is 24.2. The molecule has 2 saturated carbocycles. The van der Waals surface area contributed by atoms with Gasteiger partial charge in [0.2, 0.25) is 0 Å². The largest absolute Gasteiger partial charge is 0.465 e. The minimum Gasteiger partial charge on any atom is -0.465 e. The van der Waals surface area contributed by atoms with E-state index in [0.29, 0.717) is 12.5 Å². The van der Waals surface area contributed by atoms with E-state index in [-0.39, 0.29) is 35.8 Å². The van der Waals surface area contributed by atoms with Gasteiger partial charge in [-0.2, -0.15) is 0 Å². The lowest BCUT2D eigenvalue weighted by atomic mass is 9.80. The Morgan fingerprint density at radius 2 is 2.14 bits per heavy atom. The van der Waals surface area contributed by atoms with E-state index in [4.69, 9.17) is 9.47 Å². The van der Waals surface area contributed by atoms with Crippen molar-refractivity contribution < 1.29 is 23.5 Å². The van der Waals surface area contributed by atoms with Crippen molar-refractivity contribution in [1.29, 1.82) is 0 Å². The average Bonchev–Trinajstić information content (AvgIpc) is 3.04. The molecule has 3 aliphatic rings. The van der Waals surface area contributed by atoms with Crippen LogP contribution in [0.2, 0.25) is 0 Å². The molecule has 0 aromatic carbocycles. The van der Waals surface area contributed by atoms with Crippen LogP contribution in [0.4, 0.5) is 0 Å². The first-order valence-corrected chi connectivity index (χ1v) is 8.12. The number of ether oxygens (including phenoxy) is 2. The molecule has 0 amide bonds. The van der Waals surface area contributed by atoms with Crippen LogP contribution in [0.1, 0.15) is 26.2 Å². The number of quaternary nitrogens is 1. The molecule has 5 heteroatoms. The summed E-state index contributed by atoms with van der Waals surface area (Å²) in [7, 11) is 4.35. The van der Waals surface area contributed by atoms with Crippen LogP contribution in [0.15, 0.2) is 0 Å². The van der Waals surface area contributed by atoms with Crippen LogP contribution in [0.5, 0.6) is 0 Å². The maximum absolute atomic E-state index is 12.3. The maximum Gasteiger partial charge on any atom is 0.310 e. The first-order chi connectivity index (χ1) is 9.93. The second-order valence-corrected chi connectivity index (χ2v) is 7.42. The summed E-state index contributed by atoms with van der Waals surface area (Å²) in [5.41, 5.74) is 0. The molecule has 5 atom stereocenters. The third kappa shape index (κ3) is 2.56. The highest BCUT2D eigenvalue weighted by Gasteiger charge is 2.64. The van der Waals surface area contributed by atoms with Gasteiger partial charge in [-0.3, -0.25) is 9.59 Å². The fraction of sp³-hybridized carbons (Fsp3) is 0.875. The monoisotopic (exact) mass is 296 g/mol. The maximum atomic E-state index is 12.3. The zero-order chi connectivity index (χ0) is 15.2. The number of esters is 2. The summed E-state index contributed by atoms with van der Waals surface area (Å²) < 4.78 is 11.7. The predicted molar refractivity (Wildman–Crippen MR) is 76.2 cm³/mol. The van der Waals surface area contributed by atoms with Crippen molar-refractivity contribution in [2.75, 3.05) is 33.8 Å². The topological polar surface area (TPSA) is 52.6 Å². The average molecular weight is 296 g/mol. The minimum absolute atomic E-state index is 0.0826. The van der Waals surface area contributed by atoms with Gasteiger partial charge < -0.3 is 14.0 Å². The van der Waals surface area contributed by atoms with Gasteiger partial charge in [0.05, 0.1) is 45.6 Å².